The van der Waals surface area contributed by atoms with Gasteiger partial charge in [0.2, 0.25) is 0 Å². The predicted molar refractivity (Wildman–Crippen MR) is 119 cm³/mol. The van der Waals surface area contributed by atoms with Crippen LogP contribution >= 0.6 is 0 Å². The summed E-state index contributed by atoms with van der Waals surface area (Å²) in [7, 11) is 0. The van der Waals surface area contributed by atoms with Gasteiger partial charge in [-0.05, 0) is 74.6 Å². The summed E-state index contributed by atoms with van der Waals surface area (Å²) in [4.78, 5) is 17.1. The van der Waals surface area contributed by atoms with E-state index in [0.717, 1.165) is 42.0 Å². The monoisotopic (exact) mass is 403 g/mol. The molecule has 1 N–H and O–H groups in total. The Hall–Kier alpha value is -2.82. The first-order valence-electron chi connectivity index (χ1n) is 11.2. The number of nitrogens with one attached hydrogen (secondary N) is 1. The van der Waals surface area contributed by atoms with E-state index in [1.807, 2.05) is 24.3 Å². The van der Waals surface area contributed by atoms with E-state index in [-0.39, 0.29) is 11.9 Å². The third-order valence-electron chi connectivity index (χ3n) is 6.51. The lowest BCUT2D eigenvalue weighted by atomic mass is 9.86. The normalized spacial score (nSPS) is 17.6. The van der Waals surface area contributed by atoms with Crippen LogP contribution in [0.15, 0.2) is 42.6 Å². The highest BCUT2D eigenvalue weighted by Crippen LogP contribution is 2.33. The van der Waals surface area contributed by atoms with Gasteiger partial charge in [0.15, 0.2) is 0 Å². The molecule has 2 fully saturated rings. The minimum Gasteiger partial charge on any atom is -0.426 e. The number of imidazole rings is 1. The fourth-order valence-electron chi connectivity index (χ4n) is 4.45. The fourth-order valence-corrected chi connectivity index (χ4v) is 4.45. The van der Waals surface area contributed by atoms with E-state index in [1.165, 1.54) is 37.7 Å². The molecule has 5 rings (SSSR count). The number of hydrogen-bond donors (Lipinski definition) is 1. The first-order chi connectivity index (χ1) is 14.7. The number of esters is 1. The van der Waals surface area contributed by atoms with Gasteiger partial charge in [0.05, 0.1) is 5.92 Å². The van der Waals surface area contributed by atoms with Gasteiger partial charge in [-0.15, -0.1) is 0 Å². The van der Waals surface area contributed by atoms with Crippen molar-refractivity contribution in [2.45, 2.75) is 64.3 Å². The van der Waals surface area contributed by atoms with Gasteiger partial charge in [-0.2, -0.15) is 0 Å². The molecule has 0 unspecified atom stereocenters. The Balaban J connectivity index is 1.44. The Kier molecular flexibility index (Phi) is 5.19. The van der Waals surface area contributed by atoms with Crippen LogP contribution < -0.4 is 10.1 Å². The highest BCUT2D eigenvalue weighted by Gasteiger charge is 2.27. The van der Waals surface area contributed by atoms with Gasteiger partial charge in [-0.3, -0.25) is 9.20 Å². The van der Waals surface area contributed by atoms with E-state index in [9.17, 15) is 4.79 Å². The molecule has 0 amide bonds. The molecule has 0 radical (unpaired) electrons. The molecule has 30 heavy (non-hydrogen) atoms. The zero-order valence-electron chi connectivity index (χ0n) is 17.6. The first-order valence-corrected chi connectivity index (χ1v) is 11.2. The predicted octanol–water partition coefficient (Wildman–Crippen LogP) is 5.76. The van der Waals surface area contributed by atoms with E-state index in [2.05, 4.69) is 35.0 Å². The van der Waals surface area contributed by atoms with Crippen molar-refractivity contribution in [3.63, 3.8) is 0 Å². The number of nitrogens with zero attached hydrogens (tertiary/aromatic N) is 2. The first kappa shape index (κ1) is 19.2. The molecule has 1 aromatic carbocycles. The minimum atomic E-state index is -0.100. The number of rotatable bonds is 5. The van der Waals surface area contributed by atoms with E-state index in [0.29, 0.717) is 11.8 Å². The molecular weight excluding hydrogens is 374 g/mol. The van der Waals surface area contributed by atoms with Gasteiger partial charge in [0.25, 0.3) is 0 Å². The van der Waals surface area contributed by atoms with Crippen LogP contribution in [-0.4, -0.2) is 21.4 Å². The Morgan fingerprint density at radius 3 is 2.50 bits per heavy atom. The highest BCUT2D eigenvalue weighted by molar-refractivity contribution is 5.78. The quantitative estimate of drug-likeness (QED) is 0.435. The summed E-state index contributed by atoms with van der Waals surface area (Å²) >= 11 is 0. The number of benzene rings is 1. The lowest BCUT2D eigenvalue weighted by Gasteiger charge is -2.24. The number of anilines is 1. The third-order valence-corrected chi connectivity index (χ3v) is 6.51. The van der Waals surface area contributed by atoms with Crippen LogP contribution in [0.5, 0.6) is 5.75 Å². The Morgan fingerprint density at radius 1 is 1.03 bits per heavy atom. The van der Waals surface area contributed by atoms with Crippen LogP contribution in [0.3, 0.4) is 0 Å². The molecule has 5 heteroatoms. The number of aromatic nitrogens is 2. The second-order valence-corrected chi connectivity index (χ2v) is 8.79. The summed E-state index contributed by atoms with van der Waals surface area (Å²) in [5, 5.41) is 3.78. The molecule has 0 saturated heterocycles. The molecule has 0 atom stereocenters. The van der Waals surface area contributed by atoms with Crippen LogP contribution in [0, 0.1) is 12.8 Å². The lowest BCUT2D eigenvalue weighted by molar-refractivity contribution is -0.141. The summed E-state index contributed by atoms with van der Waals surface area (Å²) in [6.07, 6.45) is 11.4. The minimum absolute atomic E-state index is 0.0812. The van der Waals surface area contributed by atoms with Gasteiger partial charge >= 0.3 is 5.97 Å². The van der Waals surface area contributed by atoms with Crippen molar-refractivity contribution in [3.05, 3.63) is 48.2 Å². The van der Waals surface area contributed by atoms with Crippen LogP contribution in [0.25, 0.3) is 16.9 Å². The summed E-state index contributed by atoms with van der Waals surface area (Å²) in [6, 6.07) is 12.5. The van der Waals surface area contributed by atoms with E-state index < -0.39 is 0 Å². The molecule has 2 aromatic heterocycles. The Labute approximate surface area is 177 Å². The largest absolute Gasteiger partial charge is 0.426 e. The average Bonchev–Trinajstić information content (AvgIpc) is 3.05. The van der Waals surface area contributed by atoms with E-state index >= 15 is 0 Å². The molecule has 2 heterocycles. The summed E-state index contributed by atoms with van der Waals surface area (Å²) in [6.45, 7) is 2.09. The van der Waals surface area contributed by atoms with Crippen LogP contribution in [-0.2, 0) is 4.79 Å². The fraction of sp³-hybridized carbons (Fsp3) is 0.440. The number of ether oxygens (including phenoxy) is 1. The van der Waals surface area contributed by atoms with Crippen molar-refractivity contribution in [1.82, 2.24) is 9.38 Å². The molecule has 0 spiro atoms. The van der Waals surface area contributed by atoms with Gasteiger partial charge < -0.3 is 10.1 Å². The summed E-state index contributed by atoms with van der Waals surface area (Å²) in [5.74, 6) is 1.64. The topological polar surface area (TPSA) is 55.6 Å². The maximum absolute atomic E-state index is 12.1. The smallest absolute Gasteiger partial charge is 0.314 e. The zero-order chi connectivity index (χ0) is 20.5. The third kappa shape index (κ3) is 3.81. The van der Waals surface area contributed by atoms with Crippen molar-refractivity contribution in [2.24, 2.45) is 5.92 Å². The highest BCUT2D eigenvalue weighted by atomic mass is 16.5. The summed E-state index contributed by atoms with van der Waals surface area (Å²) in [5.41, 5.74) is 4.12. The lowest BCUT2D eigenvalue weighted by Crippen LogP contribution is -2.26. The molecule has 0 aliphatic heterocycles. The number of hydrogen-bond acceptors (Lipinski definition) is 4. The van der Waals surface area contributed by atoms with Crippen LogP contribution in [0.2, 0.25) is 0 Å². The molecule has 2 saturated carbocycles. The van der Waals surface area contributed by atoms with Crippen molar-refractivity contribution in [1.29, 1.82) is 0 Å². The molecular formula is C25H29N3O2. The molecule has 2 aliphatic rings. The van der Waals surface area contributed by atoms with Crippen molar-refractivity contribution >= 4 is 17.4 Å². The molecule has 5 nitrogen and oxygen atoms in total. The number of carbonyl (C=O) groups is 1. The molecule has 3 aromatic rings. The van der Waals surface area contributed by atoms with Gasteiger partial charge in [0, 0.05) is 17.8 Å². The van der Waals surface area contributed by atoms with Gasteiger partial charge in [0.1, 0.15) is 22.9 Å². The number of carbonyl (C=O) groups excluding carboxylic acids is 1. The van der Waals surface area contributed by atoms with Crippen LogP contribution in [0.1, 0.15) is 56.9 Å². The van der Waals surface area contributed by atoms with Crippen molar-refractivity contribution in [2.75, 3.05) is 5.32 Å². The van der Waals surface area contributed by atoms with E-state index in [4.69, 9.17) is 9.72 Å². The average molecular weight is 404 g/mol. The SMILES string of the molecule is Cc1ccn2c(NC3CCCCC3)c(-c3ccc(OC(=O)C4CCC4)cc3)nc2c1. The molecule has 156 valence electrons. The number of pyridine rings is 1. The van der Waals surface area contributed by atoms with Crippen molar-refractivity contribution < 1.29 is 9.53 Å². The van der Waals surface area contributed by atoms with E-state index in [1.54, 1.807) is 0 Å². The van der Waals surface area contributed by atoms with Crippen LogP contribution in [0.4, 0.5) is 5.82 Å². The molecule has 2 aliphatic carbocycles. The number of aryl methyl sites for hydroxylation is 1. The maximum atomic E-state index is 12.1. The Morgan fingerprint density at radius 2 is 1.80 bits per heavy atom. The zero-order valence-corrected chi connectivity index (χ0v) is 17.6. The Bertz CT molecular complexity index is 1040. The maximum Gasteiger partial charge on any atom is 0.314 e. The standard InChI is InChI=1S/C25H29N3O2/c1-17-14-15-28-22(16-17)27-23(24(28)26-20-8-3-2-4-9-20)18-10-12-21(13-11-18)30-25(29)19-6-5-7-19/h10-16,19-20,26H,2-9H2,1H3. The molecule has 0 bridgehead atoms. The second-order valence-electron chi connectivity index (χ2n) is 8.79. The number of fused-ring (bicyclic) bond motifs is 1. The van der Waals surface area contributed by atoms with Crippen molar-refractivity contribution in [3.8, 4) is 17.0 Å². The van der Waals surface area contributed by atoms with Gasteiger partial charge in [-0.25, -0.2) is 4.98 Å². The summed E-state index contributed by atoms with van der Waals surface area (Å²) < 4.78 is 7.71. The van der Waals surface area contributed by atoms with Gasteiger partial charge in [-0.1, -0.05) is 25.7 Å². The second kappa shape index (κ2) is 8.13.